The number of thioether (sulfide) groups is 1. The zero-order valence-electron chi connectivity index (χ0n) is 19.1. The molecule has 4 nitrogen and oxygen atoms in total. The van der Waals surface area contributed by atoms with Crippen LogP contribution in [0, 0.1) is 13.8 Å². The molecule has 0 fully saturated rings. The molecular formula is C29H26N2O2S. The van der Waals surface area contributed by atoms with Crippen molar-refractivity contribution in [3.63, 3.8) is 0 Å². The predicted molar refractivity (Wildman–Crippen MR) is 140 cm³/mol. The van der Waals surface area contributed by atoms with Gasteiger partial charge in [-0.15, -0.1) is 11.8 Å². The highest BCUT2D eigenvalue weighted by atomic mass is 32.2. The molecule has 0 saturated heterocycles. The molecule has 170 valence electrons. The summed E-state index contributed by atoms with van der Waals surface area (Å²) in [4.78, 5) is 26.9. The Hall–Kier alpha value is -3.83. The summed E-state index contributed by atoms with van der Waals surface area (Å²) in [7, 11) is 0. The molecule has 34 heavy (non-hydrogen) atoms. The molecule has 4 aromatic carbocycles. The van der Waals surface area contributed by atoms with Gasteiger partial charge in [0.05, 0.1) is 0 Å². The van der Waals surface area contributed by atoms with Crippen LogP contribution in [0.25, 0.3) is 0 Å². The van der Waals surface area contributed by atoms with Gasteiger partial charge in [0.2, 0.25) is 5.91 Å². The van der Waals surface area contributed by atoms with Gasteiger partial charge >= 0.3 is 0 Å². The summed E-state index contributed by atoms with van der Waals surface area (Å²) in [6.07, 6.45) is 0. The normalized spacial score (nSPS) is 11.5. The summed E-state index contributed by atoms with van der Waals surface area (Å²) < 4.78 is 0. The summed E-state index contributed by atoms with van der Waals surface area (Å²) in [6.45, 7) is 3.93. The van der Waals surface area contributed by atoms with E-state index in [9.17, 15) is 9.59 Å². The minimum absolute atomic E-state index is 0.102. The summed E-state index contributed by atoms with van der Waals surface area (Å²) in [5.41, 5.74) is 5.05. The summed E-state index contributed by atoms with van der Waals surface area (Å²) in [6, 6.07) is 32.5. The second-order valence-electron chi connectivity index (χ2n) is 8.06. The van der Waals surface area contributed by atoms with E-state index in [-0.39, 0.29) is 11.8 Å². The minimum atomic E-state index is -0.454. The van der Waals surface area contributed by atoms with Crippen LogP contribution in [0.4, 0.5) is 11.4 Å². The number of rotatable bonds is 7. The van der Waals surface area contributed by atoms with Crippen LogP contribution in [0.5, 0.6) is 0 Å². The molecule has 5 heteroatoms. The highest BCUT2D eigenvalue weighted by molar-refractivity contribution is 8.00. The van der Waals surface area contributed by atoms with Crippen molar-refractivity contribution in [2.75, 3.05) is 10.6 Å². The molecular weight excluding hydrogens is 440 g/mol. The molecule has 0 spiro atoms. The Morgan fingerprint density at radius 2 is 1.41 bits per heavy atom. The van der Waals surface area contributed by atoms with Crippen LogP contribution >= 0.6 is 11.8 Å². The fourth-order valence-electron chi connectivity index (χ4n) is 3.55. The van der Waals surface area contributed by atoms with E-state index in [1.54, 1.807) is 0 Å². The van der Waals surface area contributed by atoms with Crippen molar-refractivity contribution in [1.82, 2.24) is 0 Å². The highest BCUT2D eigenvalue weighted by Crippen LogP contribution is 2.37. The maximum atomic E-state index is 13.3. The molecule has 4 rings (SSSR count). The third-order valence-electron chi connectivity index (χ3n) is 5.40. The second-order valence-corrected chi connectivity index (χ2v) is 9.24. The molecule has 0 heterocycles. The number of hydrogen-bond donors (Lipinski definition) is 2. The predicted octanol–water partition coefficient (Wildman–Crippen LogP) is 7.03. The number of aryl methyl sites for hydroxylation is 2. The van der Waals surface area contributed by atoms with Crippen molar-refractivity contribution in [2.24, 2.45) is 0 Å². The van der Waals surface area contributed by atoms with Crippen molar-refractivity contribution < 1.29 is 9.59 Å². The lowest BCUT2D eigenvalue weighted by Crippen LogP contribution is -2.19. The molecule has 0 aliphatic rings. The van der Waals surface area contributed by atoms with Gasteiger partial charge in [-0.05, 0) is 61.4 Å². The molecule has 1 unspecified atom stereocenters. The first-order chi connectivity index (χ1) is 16.5. The van der Waals surface area contributed by atoms with Crippen LogP contribution in [0.1, 0.15) is 32.3 Å². The highest BCUT2D eigenvalue weighted by Gasteiger charge is 2.22. The third-order valence-corrected chi connectivity index (χ3v) is 6.64. The lowest BCUT2D eigenvalue weighted by Gasteiger charge is -2.18. The van der Waals surface area contributed by atoms with Crippen molar-refractivity contribution in [3.8, 4) is 0 Å². The minimum Gasteiger partial charge on any atom is -0.325 e. The number of benzene rings is 4. The van der Waals surface area contributed by atoms with Crippen LogP contribution in [0.15, 0.2) is 108 Å². The van der Waals surface area contributed by atoms with Gasteiger partial charge in [0.15, 0.2) is 0 Å². The van der Waals surface area contributed by atoms with E-state index < -0.39 is 5.25 Å². The largest absolute Gasteiger partial charge is 0.325 e. The zero-order chi connectivity index (χ0) is 23.9. The van der Waals surface area contributed by atoms with Gasteiger partial charge in [0.25, 0.3) is 5.91 Å². The first-order valence-electron chi connectivity index (χ1n) is 11.1. The average molecular weight is 467 g/mol. The Morgan fingerprint density at radius 3 is 2.15 bits per heavy atom. The second kappa shape index (κ2) is 10.9. The molecule has 1 atom stereocenters. The molecule has 2 N–H and O–H groups in total. The topological polar surface area (TPSA) is 58.2 Å². The standard InChI is InChI=1S/C29H26N2O2S/c1-20-15-17-23(18-16-20)30-29(33)27(22-10-4-3-5-11-22)34-25-13-8-12-24(19-25)31-28(32)26-14-7-6-9-21(26)2/h3-19,27H,1-2H3,(H,30,33)(H,31,32). The van der Waals surface area contributed by atoms with Crippen LogP contribution in [0.3, 0.4) is 0 Å². The number of anilines is 2. The molecule has 0 saturated carbocycles. The summed E-state index contributed by atoms with van der Waals surface area (Å²) >= 11 is 1.45. The first-order valence-corrected chi connectivity index (χ1v) is 11.9. The Bertz CT molecular complexity index is 1290. The monoisotopic (exact) mass is 466 g/mol. The van der Waals surface area contributed by atoms with Crippen molar-refractivity contribution in [2.45, 2.75) is 24.0 Å². The smallest absolute Gasteiger partial charge is 0.255 e. The van der Waals surface area contributed by atoms with Gasteiger partial charge in [0.1, 0.15) is 5.25 Å². The number of carbonyl (C=O) groups is 2. The fraction of sp³-hybridized carbons (Fsp3) is 0.103. The summed E-state index contributed by atoms with van der Waals surface area (Å²) in [5.74, 6) is -0.258. The average Bonchev–Trinajstić information content (AvgIpc) is 2.85. The fourth-order valence-corrected chi connectivity index (χ4v) is 4.64. The molecule has 4 aromatic rings. The van der Waals surface area contributed by atoms with Gasteiger partial charge in [-0.1, -0.05) is 72.3 Å². The maximum Gasteiger partial charge on any atom is 0.255 e. The lowest BCUT2D eigenvalue weighted by atomic mass is 10.1. The Labute approximate surface area is 204 Å². The van der Waals surface area contributed by atoms with E-state index in [0.717, 1.165) is 27.3 Å². The first kappa shape index (κ1) is 23.3. The molecule has 2 amide bonds. The zero-order valence-corrected chi connectivity index (χ0v) is 19.9. The number of amides is 2. The van der Waals surface area contributed by atoms with Crippen molar-refractivity contribution >= 4 is 35.0 Å². The number of nitrogens with one attached hydrogen (secondary N) is 2. The van der Waals surface area contributed by atoms with Gasteiger partial charge < -0.3 is 10.6 Å². The van der Waals surface area contributed by atoms with Crippen molar-refractivity contribution in [3.05, 3.63) is 125 Å². The van der Waals surface area contributed by atoms with Crippen LogP contribution in [-0.4, -0.2) is 11.8 Å². The van der Waals surface area contributed by atoms with Crippen molar-refractivity contribution in [1.29, 1.82) is 0 Å². The van der Waals surface area contributed by atoms with Gasteiger partial charge in [-0.2, -0.15) is 0 Å². The molecule has 0 aliphatic carbocycles. The molecule has 0 aliphatic heterocycles. The van der Waals surface area contributed by atoms with E-state index in [0.29, 0.717) is 11.3 Å². The number of hydrogen-bond acceptors (Lipinski definition) is 3. The van der Waals surface area contributed by atoms with E-state index in [1.165, 1.54) is 11.8 Å². The maximum absolute atomic E-state index is 13.3. The Kier molecular flexibility index (Phi) is 7.45. The van der Waals surface area contributed by atoms with Gasteiger partial charge in [-0.3, -0.25) is 9.59 Å². The van der Waals surface area contributed by atoms with E-state index in [2.05, 4.69) is 10.6 Å². The van der Waals surface area contributed by atoms with Crippen LogP contribution in [-0.2, 0) is 4.79 Å². The Balaban J connectivity index is 1.54. The molecule has 0 aromatic heterocycles. The molecule has 0 radical (unpaired) electrons. The Morgan fingerprint density at radius 1 is 0.706 bits per heavy atom. The van der Waals surface area contributed by atoms with Crippen LogP contribution in [0.2, 0.25) is 0 Å². The summed E-state index contributed by atoms with van der Waals surface area (Å²) in [5, 5.41) is 5.55. The van der Waals surface area contributed by atoms with Gasteiger partial charge in [0, 0.05) is 21.8 Å². The SMILES string of the molecule is Cc1ccc(NC(=O)C(Sc2cccc(NC(=O)c3ccccc3C)c2)c2ccccc2)cc1. The van der Waals surface area contributed by atoms with Crippen LogP contribution < -0.4 is 10.6 Å². The van der Waals surface area contributed by atoms with E-state index in [4.69, 9.17) is 0 Å². The molecule has 0 bridgehead atoms. The van der Waals surface area contributed by atoms with E-state index >= 15 is 0 Å². The quantitative estimate of drug-likeness (QED) is 0.288. The third kappa shape index (κ3) is 5.94. The lowest BCUT2D eigenvalue weighted by molar-refractivity contribution is -0.115. The van der Waals surface area contributed by atoms with E-state index in [1.807, 2.05) is 117 Å². The number of carbonyl (C=O) groups excluding carboxylic acids is 2. The van der Waals surface area contributed by atoms with Gasteiger partial charge in [-0.25, -0.2) is 0 Å².